The fourth-order valence-electron chi connectivity index (χ4n) is 2.55. The highest BCUT2D eigenvalue weighted by Crippen LogP contribution is 2.12. The molecule has 0 saturated heterocycles. The minimum atomic E-state index is -0.386. The van der Waals surface area contributed by atoms with Crippen molar-refractivity contribution in [3.8, 4) is 5.75 Å². The van der Waals surface area contributed by atoms with Crippen LogP contribution in [0.1, 0.15) is 10.4 Å². The van der Waals surface area contributed by atoms with Gasteiger partial charge in [0, 0.05) is 0 Å². The summed E-state index contributed by atoms with van der Waals surface area (Å²) >= 11 is 0. The molecule has 0 aliphatic heterocycles. The molecule has 0 unspecified atom stereocenters. The zero-order valence-electron chi connectivity index (χ0n) is 15.0. The SMILES string of the molecule is COC(=O)c1ccc(OCCOCCn2cnc3ccccc3c2=O)cc1. The van der Waals surface area contributed by atoms with Gasteiger partial charge in [0.05, 0.1) is 49.7 Å². The van der Waals surface area contributed by atoms with Crippen molar-refractivity contribution in [1.82, 2.24) is 9.55 Å². The van der Waals surface area contributed by atoms with E-state index in [1.165, 1.54) is 18.0 Å². The Kier molecular flexibility index (Phi) is 6.17. The Labute approximate surface area is 156 Å². The summed E-state index contributed by atoms with van der Waals surface area (Å²) in [7, 11) is 1.34. The second kappa shape index (κ2) is 8.95. The van der Waals surface area contributed by atoms with Gasteiger partial charge < -0.3 is 14.2 Å². The third kappa shape index (κ3) is 4.71. The first-order valence-electron chi connectivity index (χ1n) is 8.52. The van der Waals surface area contributed by atoms with E-state index < -0.39 is 0 Å². The zero-order chi connectivity index (χ0) is 19.1. The molecule has 0 saturated carbocycles. The molecule has 3 aromatic rings. The molecule has 0 spiro atoms. The number of esters is 1. The van der Waals surface area contributed by atoms with Gasteiger partial charge in [-0.3, -0.25) is 9.36 Å². The molecular formula is C20H20N2O5. The van der Waals surface area contributed by atoms with Gasteiger partial charge in [0.15, 0.2) is 0 Å². The van der Waals surface area contributed by atoms with E-state index in [9.17, 15) is 9.59 Å². The van der Waals surface area contributed by atoms with E-state index in [1.807, 2.05) is 18.2 Å². The number of carbonyl (C=O) groups is 1. The van der Waals surface area contributed by atoms with Crippen molar-refractivity contribution >= 4 is 16.9 Å². The first-order valence-corrected chi connectivity index (χ1v) is 8.52. The maximum absolute atomic E-state index is 12.3. The lowest BCUT2D eigenvalue weighted by Crippen LogP contribution is -2.23. The summed E-state index contributed by atoms with van der Waals surface area (Å²) in [6, 6.07) is 13.9. The maximum atomic E-state index is 12.3. The highest BCUT2D eigenvalue weighted by atomic mass is 16.5. The number of methoxy groups -OCH3 is 1. The third-order valence-corrected chi connectivity index (χ3v) is 3.98. The number of nitrogens with zero attached hydrogens (tertiary/aromatic N) is 2. The molecule has 1 heterocycles. The largest absolute Gasteiger partial charge is 0.491 e. The smallest absolute Gasteiger partial charge is 0.337 e. The molecule has 1 aromatic heterocycles. The van der Waals surface area contributed by atoms with Crippen LogP contribution in [0.5, 0.6) is 5.75 Å². The molecule has 0 aliphatic rings. The van der Waals surface area contributed by atoms with Crippen LogP contribution in [0.2, 0.25) is 0 Å². The maximum Gasteiger partial charge on any atom is 0.337 e. The lowest BCUT2D eigenvalue weighted by molar-refractivity contribution is 0.0600. The van der Waals surface area contributed by atoms with E-state index in [0.717, 1.165) is 0 Å². The highest BCUT2D eigenvalue weighted by Gasteiger charge is 2.05. The van der Waals surface area contributed by atoms with Crippen molar-refractivity contribution in [2.24, 2.45) is 0 Å². The second-order valence-corrected chi connectivity index (χ2v) is 5.74. The summed E-state index contributed by atoms with van der Waals surface area (Å²) in [5.41, 5.74) is 1.08. The van der Waals surface area contributed by atoms with Crippen LogP contribution in [0.25, 0.3) is 10.9 Å². The molecule has 0 aliphatic carbocycles. The van der Waals surface area contributed by atoms with E-state index in [0.29, 0.717) is 48.6 Å². The number of fused-ring (bicyclic) bond motifs is 1. The van der Waals surface area contributed by atoms with Crippen LogP contribution in [0.3, 0.4) is 0 Å². The van der Waals surface area contributed by atoms with Gasteiger partial charge in [-0.05, 0) is 36.4 Å². The van der Waals surface area contributed by atoms with E-state index >= 15 is 0 Å². The van der Waals surface area contributed by atoms with E-state index in [-0.39, 0.29) is 11.5 Å². The van der Waals surface area contributed by atoms with E-state index in [2.05, 4.69) is 9.72 Å². The number of hydrogen-bond donors (Lipinski definition) is 0. The predicted octanol–water partition coefficient (Wildman–Crippen LogP) is 2.28. The zero-order valence-corrected chi connectivity index (χ0v) is 15.0. The number of ether oxygens (including phenoxy) is 3. The summed E-state index contributed by atoms with van der Waals surface area (Å²) < 4.78 is 17.2. The van der Waals surface area contributed by atoms with Gasteiger partial charge in [-0.2, -0.15) is 0 Å². The summed E-state index contributed by atoms with van der Waals surface area (Å²) in [6.07, 6.45) is 1.54. The number of hydrogen-bond acceptors (Lipinski definition) is 6. The molecule has 0 atom stereocenters. The van der Waals surface area contributed by atoms with Crippen LogP contribution in [-0.4, -0.2) is 42.5 Å². The molecule has 0 bridgehead atoms. The average Bonchev–Trinajstić information content (AvgIpc) is 2.72. The normalized spacial score (nSPS) is 10.7. The Morgan fingerprint density at radius 3 is 2.59 bits per heavy atom. The van der Waals surface area contributed by atoms with Gasteiger partial charge in [-0.1, -0.05) is 12.1 Å². The minimum Gasteiger partial charge on any atom is -0.491 e. The van der Waals surface area contributed by atoms with Crippen molar-refractivity contribution < 1.29 is 19.0 Å². The number of benzene rings is 2. The van der Waals surface area contributed by atoms with Crippen molar-refractivity contribution in [2.45, 2.75) is 6.54 Å². The Hall–Kier alpha value is -3.19. The van der Waals surface area contributed by atoms with Crippen molar-refractivity contribution in [1.29, 1.82) is 0 Å². The second-order valence-electron chi connectivity index (χ2n) is 5.74. The lowest BCUT2D eigenvalue weighted by atomic mass is 10.2. The summed E-state index contributed by atoms with van der Waals surface area (Å²) in [4.78, 5) is 28.0. The van der Waals surface area contributed by atoms with Crippen LogP contribution < -0.4 is 10.3 Å². The van der Waals surface area contributed by atoms with Gasteiger partial charge in [0.1, 0.15) is 12.4 Å². The number of carbonyl (C=O) groups excluding carboxylic acids is 1. The minimum absolute atomic E-state index is 0.0776. The van der Waals surface area contributed by atoms with Crippen LogP contribution in [-0.2, 0) is 16.0 Å². The summed E-state index contributed by atoms with van der Waals surface area (Å²) in [6.45, 7) is 1.55. The molecule has 7 nitrogen and oxygen atoms in total. The Morgan fingerprint density at radius 2 is 1.81 bits per heavy atom. The fraction of sp³-hybridized carbons (Fsp3) is 0.250. The number of aromatic nitrogens is 2. The molecule has 27 heavy (non-hydrogen) atoms. The lowest BCUT2D eigenvalue weighted by Gasteiger charge is -2.09. The first kappa shape index (κ1) is 18.6. The van der Waals surface area contributed by atoms with Crippen LogP contribution in [0.4, 0.5) is 0 Å². The molecule has 140 valence electrons. The van der Waals surface area contributed by atoms with Crippen molar-refractivity contribution in [3.63, 3.8) is 0 Å². The molecular weight excluding hydrogens is 348 g/mol. The van der Waals surface area contributed by atoms with Crippen molar-refractivity contribution in [2.75, 3.05) is 26.9 Å². The summed E-state index contributed by atoms with van der Waals surface area (Å²) in [5, 5.41) is 0.596. The van der Waals surface area contributed by atoms with Crippen molar-refractivity contribution in [3.05, 3.63) is 70.8 Å². The number of rotatable bonds is 8. The topological polar surface area (TPSA) is 79.7 Å². The van der Waals surface area contributed by atoms with Gasteiger partial charge >= 0.3 is 5.97 Å². The average molecular weight is 368 g/mol. The molecule has 0 N–H and O–H groups in total. The monoisotopic (exact) mass is 368 g/mol. The molecule has 7 heteroatoms. The number of para-hydroxylation sites is 1. The molecule has 2 aromatic carbocycles. The molecule has 3 rings (SSSR count). The van der Waals surface area contributed by atoms with Gasteiger partial charge in [-0.15, -0.1) is 0 Å². The van der Waals surface area contributed by atoms with E-state index in [4.69, 9.17) is 9.47 Å². The summed E-state index contributed by atoms with van der Waals surface area (Å²) in [5.74, 6) is 0.254. The van der Waals surface area contributed by atoms with Crippen LogP contribution in [0, 0.1) is 0 Å². The van der Waals surface area contributed by atoms with Gasteiger partial charge in [0.25, 0.3) is 5.56 Å². The highest BCUT2D eigenvalue weighted by molar-refractivity contribution is 5.89. The van der Waals surface area contributed by atoms with Gasteiger partial charge in [0.2, 0.25) is 0 Å². The quantitative estimate of drug-likeness (QED) is 0.448. The Balaban J connectivity index is 1.41. The molecule has 0 radical (unpaired) electrons. The fourth-order valence-corrected chi connectivity index (χ4v) is 2.55. The van der Waals surface area contributed by atoms with Gasteiger partial charge in [-0.25, -0.2) is 9.78 Å². The third-order valence-electron chi connectivity index (χ3n) is 3.98. The Morgan fingerprint density at radius 1 is 1.04 bits per heavy atom. The predicted molar refractivity (Wildman–Crippen MR) is 100 cm³/mol. The van der Waals surface area contributed by atoms with E-state index in [1.54, 1.807) is 30.3 Å². The Bertz CT molecular complexity index is 966. The van der Waals surface area contributed by atoms with Crippen LogP contribution >= 0.6 is 0 Å². The first-order chi connectivity index (χ1) is 13.2. The molecule has 0 amide bonds. The van der Waals surface area contributed by atoms with Crippen LogP contribution in [0.15, 0.2) is 59.7 Å². The standard InChI is InChI=1S/C20H20N2O5/c1-25-20(24)15-6-8-16(9-7-15)27-13-12-26-11-10-22-14-21-18-5-3-2-4-17(18)19(22)23/h2-9,14H,10-13H2,1H3. The molecule has 0 fully saturated rings.